The number of nitrogens with two attached hydrogens (primary N) is 1. The van der Waals surface area contributed by atoms with Crippen molar-refractivity contribution >= 4 is 28.6 Å². The van der Waals surface area contributed by atoms with Gasteiger partial charge in [-0.1, -0.05) is 0 Å². The van der Waals surface area contributed by atoms with Crippen molar-refractivity contribution in [2.24, 2.45) is 0 Å². The molecule has 18 heavy (non-hydrogen) atoms. The number of anilines is 2. The van der Waals surface area contributed by atoms with Gasteiger partial charge in [0.15, 0.2) is 0 Å². The molecule has 0 unspecified atom stereocenters. The summed E-state index contributed by atoms with van der Waals surface area (Å²) in [6.45, 7) is 4.57. The molecule has 1 amide bonds. The van der Waals surface area contributed by atoms with E-state index in [1.54, 1.807) is 4.90 Å². The van der Waals surface area contributed by atoms with Gasteiger partial charge in [-0.3, -0.25) is 4.79 Å². The van der Waals surface area contributed by atoms with Crippen LogP contribution in [0.5, 0.6) is 0 Å². The second kappa shape index (κ2) is 5.23. The third-order valence-electron chi connectivity index (χ3n) is 2.82. The summed E-state index contributed by atoms with van der Waals surface area (Å²) in [7, 11) is 0. The molecule has 4 heteroatoms. The number of thiophene rings is 1. The average molecular weight is 260 g/mol. The van der Waals surface area contributed by atoms with E-state index in [0.29, 0.717) is 12.2 Å². The van der Waals surface area contributed by atoms with E-state index in [9.17, 15) is 4.79 Å². The summed E-state index contributed by atoms with van der Waals surface area (Å²) in [5, 5.41) is 1.94. The van der Waals surface area contributed by atoms with E-state index in [1.807, 2.05) is 49.6 Å². The van der Waals surface area contributed by atoms with Gasteiger partial charge in [0.25, 0.3) is 5.91 Å². The molecule has 1 aromatic carbocycles. The molecule has 0 saturated carbocycles. The zero-order chi connectivity index (χ0) is 13.1. The van der Waals surface area contributed by atoms with Crippen molar-refractivity contribution < 1.29 is 4.79 Å². The van der Waals surface area contributed by atoms with Crippen LogP contribution in [0, 0.1) is 6.92 Å². The van der Waals surface area contributed by atoms with Crippen LogP contribution in [0.25, 0.3) is 0 Å². The Kier molecular flexibility index (Phi) is 3.67. The van der Waals surface area contributed by atoms with Gasteiger partial charge >= 0.3 is 0 Å². The van der Waals surface area contributed by atoms with Crippen molar-refractivity contribution in [1.29, 1.82) is 0 Å². The molecule has 0 bridgehead atoms. The minimum absolute atomic E-state index is 0.0507. The zero-order valence-electron chi connectivity index (χ0n) is 10.5. The molecule has 0 spiro atoms. The smallest absolute Gasteiger partial charge is 0.268 e. The van der Waals surface area contributed by atoms with E-state index in [0.717, 1.165) is 16.1 Å². The van der Waals surface area contributed by atoms with Crippen molar-refractivity contribution in [3.8, 4) is 0 Å². The van der Waals surface area contributed by atoms with Gasteiger partial charge in [-0.25, -0.2) is 0 Å². The maximum Gasteiger partial charge on any atom is 0.268 e. The molecule has 0 atom stereocenters. The first-order valence-electron chi connectivity index (χ1n) is 5.85. The van der Waals surface area contributed by atoms with Crippen molar-refractivity contribution in [1.82, 2.24) is 0 Å². The van der Waals surface area contributed by atoms with Crippen LogP contribution in [0.15, 0.2) is 35.7 Å². The highest BCUT2D eigenvalue weighted by molar-refractivity contribution is 7.12. The molecule has 1 heterocycles. The van der Waals surface area contributed by atoms with Gasteiger partial charge in [-0.15, -0.1) is 11.3 Å². The Bertz CT molecular complexity index is 545. The third kappa shape index (κ3) is 2.38. The van der Waals surface area contributed by atoms with Crippen LogP contribution in [-0.2, 0) is 0 Å². The fourth-order valence-electron chi connectivity index (χ4n) is 1.81. The predicted molar refractivity (Wildman–Crippen MR) is 77.3 cm³/mol. The first kappa shape index (κ1) is 12.6. The molecule has 0 radical (unpaired) electrons. The molecule has 1 aromatic heterocycles. The van der Waals surface area contributed by atoms with E-state index in [4.69, 9.17) is 5.73 Å². The highest BCUT2D eigenvalue weighted by Crippen LogP contribution is 2.23. The number of aryl methyl sites for hydroxylation is 1. The number of nitrogens with zero attached hydrogens (tertiary/aromatic N) is 1. The number of nitrogen functional groups attached to an aromatic ring is 1. The van der Waals surface area contributed by atoms with Crippen LogP contribution in [0.2, 0.25) is 0 Å². The average Bonchev–Trinajstić information content (AvgIpc) is 2.78. The molecule has 0 aliphatic carbocycles. The van der Waals surface area contributed by atoms with Gasteiger partial charge in [0.2, 0.25) is 0 Å². The number of rotatable bonds is 3. The summed E-state index contributed by atoms with van der Waals surface area (Å²) >= 11 is 1.48. The number of carbonyl (C=O) groups excluding carboxylic acids is 1. The molecule has 2 aromatic rings. The van der Waals surface area contributed by atoms with E-state index in [-0.39, 0.29) is 5.91 Å². The van der Waals surface area contributed by atoms with Gasteiger partial charge < -0.3 is 10.6 Å². The van der Waals surface area contributed by atoms with Gasteiger partial charge in [-0.05, 0) is 55.1 Å². The zero-order valence-corrected chi connectivity index (χ0v) is 11.3. The van der Waals surface area contributed by atoms with Gasteiger partial charge in [0.05, 0.1) is 4.88 Å². The van der Waals surface area contributed by atoms with Crippen molar-refractivity contribution in [2.45, 2.75) is 13.8 Å². The number of hydrogen-bond donors (Lipinski definition) is 1. The van der Waals surface area contributed by atoms with E-state index in [2.05, 4.69) is 0 Å². The maximum absolute atomic E-state index is 12.4. The van der Waals surface area contributed by atoms with Gasteiger partial charge in [0.1, 0.15) is 0 Å². The first-order valence-corrected chi connectivity index (χ1v) is 6.73. The molecule has 0 fully saturated rings. The Morgan fingerprint density at radius 2 is 1.94 bits per heavy atom. The number of hydrogen-bond acceptors (Lipinski definition) is 3. The quantitative estimate of drug-likeness (QED) is 0.861. The second-order valence-corrected chi connectivity index (χ2v) is 4.99. The van der Waals surface area contributed by atoms with Crippen molar-refractivity contribution in [3.63, 3.8) is 0 Å². The Morgan fingerprint density at radius 1 is 1.28 bits per heavy atom. The SMILES string of the molecule is CCN(C(=O)c1sccc1C)c1ccc(N)cc1. The number of benzene rings is 1. The van der Waals surface area contributed by atoms with Crippen molar-refractivity contribution in [3.05, 3.63) is 46.2 Å². The summed E-state index contributed by atoms with van der Waals surface area (Å²) in [6, 6.07) is 9.34. The van der Waals surface area contributed by atoms with Crippen LogP contribution in [0.1, 0.15) is 22.2 Å². The minimum Gasteiger partial charge on any atom is -0.399 e. The maximum atomic E-state index is 12.4. The van der Waals surface area contributed by atoms with E-state index in [1.165, 1.54) is 11.3 Å². The lowest BCUT2D eigenvalue weighted by Crippen LogP contribution is -2.30. The lowest BCUT2D eigenvalue weighted by atomic mass is 10.2. The topological polar surface area (TPSA) is 46.3 Å². The second-order valence-electron chi connectivity index (χ2n) is 4.07. The molecule has 0 aliphatic rings. The van der Waals surface area contributed by atoms with Crippen LogP contribution in [-0.4, -0.2) is 12.5 Å². The van der Waals surface area contributed by atoms with Crippen LogP contribution in [0.3, 0.4) is 0 Å². The third-order valence-corrected chi connectivity index (χ3v) is 3.83. The van der Waals surface area contributed by atoms with Crippen molar-refractivity contribution in [2.75, 3.05) is 17.2 Å². The Hall–Kier alpha value is -1.81. The largest absolute Gasteiger partial charge is 0.399 e. The van der Waals surface area contributed by atoms with E-state index < -0.39 is 0 Å². The molecular formula is C14H16N2OS. The van der Waals surface area contributed by atoms with Gasteiger partial charge in [-0.2, -0.15) is 0 Å². The highest BCUT2D eigenvalue weighted by Gasteiger charge is 2.18. The highest BCUT2D eigenvalue weighted by atomic mass is 32.1. The molecule has 2 rings (SSSR count). The molecule has 0 aliphatic heterocycles. The molecular weight excluding hydrogens is 244 g/mol. The summed E-state index contributed by atoms with van der Waals surface area (Å²) in [5.74, 6) is 0.0507. The standard InChI is InChI=1S/C14H16N2OS/c1-3-16(12-6-4-11(15)5-7-12)14(17)13-10(2)8-9-18-13/h4-9H,3,15H2,1-2H3. The number of carbonyl (C=O) groups is 1. The fraction of sp³-hybridized carbons (Fsp3) is 0.214. The Balaban J connectivity index is 2.32. The van der Waals surface area contributed by atoms with Gasteiger partial charge in [0, 0.05) is 17.9 Å². The molecule has 94 valence electrons. The summed E-state index contributed by atoms with van der Waals surface area (Å²) in [4.78, 5) is 15.0. The predicted octanol–water partition coefficient (Wildman–Crippen LogP) is 3.31. The summed E-state index contributed by atoms with van der Waals surface area (Å²) in [5.41, 5.74) is 8.27. The minimum atomic E-state index is 0.0507. The lowest BCUT2D eigenvalue weighted by molar-refractivity contribution is 0.0991. The monoisotopic (exact) mass is 260 g/mol. The lowest BCUT2D eigenvalue weighted by Gasteiger charge is -2.20. The summed E-state index contributed by atoms with van der Waals surface area (Å²) in [6.07, 6.45) is 0. The number of amides is 1. The molecule has 0 saturated heterocycles. The van der Waals surface area contributed by atoms with Crippen LogP contribution in [0.4, 0.5) is 11.4 Å². The fourth-order valence-corrected chi connectivity index (χ4v) is 2.69. The van der Waals surface area contributed by atoms with Crippen LogP contribution >= 0.6 is 11.3 Å². The normalized spacial score (nSPS) is 10.3. The van der Waals surface area contributed by atoms with Crippen LogP contribution < -0.4 is 10.6 Å². The van der Waals surface area contributed by atoms with E-state index >= 15 is 0 Å². The molecule has 3 nitrogen and oxygen atoms in total. The Labute approximate surface area is 111 Å². The first-order chi connectivity index (χ1) is 8.63. The Morgan fingerprint density at radius 3 is 2.44 bits per heavy atom. The molecule has 2 N–H and O–H groups in total. The summed E-state index contributed by atoms with van der Waals surface area (Å²) < 4.78 is 0.